The van der Waals surface area contributed by atoms with Crippen LogP contribution < -0.4 is 10.3 Å². The van der Waals surface area contributed by atoms with Gasteiger partial charge in [-0.25, -0.2) is 9.78 Å². The van der Waals surface area contributed by atoms with Crippen LogP contribution >= 0.6 is 22.6 Å². The number of aliphatic hydroxyl groups is 1. The standard InChI is InChI=1S/C23H19IN2O5/c1-2-23(29)16-7-18-20-11(9-26(18)21(27)15(16)10-30-22(23)28)5-13-14-6-12(8-24)31-19(14)4-3-17(13)25-20/h3-5,7,12,29H,2,6,8-10H2,1H3/t12?,23-/m0/s1. The molecule has 6 rings (SSSR count). The van der Waals surface area contributed by atoms with Gasteiger partial charge in [-0.3, -0.25) is 4.79 Å². The van der Waals surface area contributed by atoms with Crippen LogP contribution in [0.4, 0.5) is 0 Å². The molecule has 3 aliphatic heterocycles. The molecule has 158 valence electrons. The summed E-state index contributed by atoms with van der Waals surface area (Å²) in [4.78, 5) is 30.4. The number of cyclic esters (lactones) is 1. The summed E-state index contributed by atoms with van der Waals surface area (Å²) in [5.74, 6) is 0.194. The molecule has 2 aromatic heterocycles. The molecular weight excluding hydrogens is 511 g/mol. The van der Waals surface area contributed by atoms with E-state index in [1.54, 1.807) is 17.6 Å². The van der Waals surface area contributed by atoms with Gasteiger partial charge in [0.1, 0.15) is 18.5 Å². The molecule has 0 saturated heterocycles. The van der Waals surface area contributed by atoms with Gasteiger partial charge in [0.15, 0.2) is 5.60 Å². The van der Waals surface area contributed by atoms with E-state index in [1.807, 2.05) is 12.1 Å². The first-order chi connectivity index (χ1) is 14.9. The molecule has 1 aromatic carbocycles. The smallest absolute Gasteiger partial charge is 0.343 e. The van der Waals surface area contributed by atoms with Crippen molar-refractivity contribution >= 4 is 39.5 Å². The van der Waals surface area contributed by atoms with Crippen molar-refractivity contribution in [2.24, 2.45) is 0 Å². The minimum atomic E-state index is -1.81. The summed E-state index contributed by atoms with van der Waals surface area (Å²) in [6.07, 6.45) is 1.15. The highest BCUT2D eigenvalue weighted by atomic mass is 127. The van der Waals surface area contributed by atoms with Crippen molar-refractivity contribution in [1.82, 2.24) is 9.55 Å². The van der Waals surface area contributed by atoms with Crippen LogP contribution in [-0.4, -0.2) is 31.2 Å². The van der Waals surface area contributed by atoms with Crippen molar-refractivity contribution < 1.29 is 19.4 Å². The Balaban J connectivity index is 1.56. The summed E-state index contributed by atoms with van der Waals surface area (Å²) in [6, 6.07) is 7.76. The van der Waals surface area contributed by atoms with Gasteiger partial charge in [0.05, 0.1) is 29.0 Å². The van der Waals surface area contributed by atoms with Crippen molar-refractivity contribution in [3.8, 4) is 17.1 Å². The summed E-state index contributed by atoms with van der Waals surface area (Å²) >= 11 is 2.34. The number of aromatic nitrogens is 2. The van der Waals surface area contributed by atoms with Crippen molar-refractivity contribution in [3.05, 3.63) is 56.9 Å². The van der Waals surface area contributed by atoms with E-state index in [1.165, 1.54) is 0 Å². The van der Waals surface area contributed by atoms with E-state index in [0.717, 1.165) is 38.6 Å². The van der Waals surface area contributed by atoms with Crippen molar-refractivity contribution in [2.45, 2.75) is 44.6 Å². The van der Waals surface area contributed by atoms with Crippen LogP contribution in [0.2, 0.25) is 0 Å². The van der Waals surface area contributed by atoms with Gasteiger partial charge in [0.2, 0.25) is 0 Å². The molecule has 0 saturated carbocycles. The number of nitrogens with zero attached hydrogens (tertiary/aromatic N) is 2. The van der Waals surface area contributed by atoms with E-state index in [2.05, 4.69) is 28.7 Å². The third-order valence-electron chi connectivity index (χ3n) is 6.66. The Bertz CT molecular complexity index is 1360. The number of benzene rings is 1. The Kier molecular flexibility index (Phi) is 4.05. The van der Waals surface area contributed by atoms with Gasteiger partial charge in [-0.15, -0.1) is 0 Å². The van der Waals surface area contributed by atoms with Gasteiger partial charge < -0.3 is 19.1 Å². The summed E-state index contributed by atoms with van der Waals surface area (Å²) in [6.45, 7) is 1.98. The molecule has 0 fully saturated rings. The molecule has 5 heterocycles. The molecule has 1 N–H and O–H groups in total. The Labute approximate surface area is 191 Å². The highest BCUT2D eigenvalue weighted by molar-refractivity contribution is 14.1. The van der Waals surface area contributed by atoms with Crippen LogP contribution in [0.1, 0.15) is 35.6 Å². The van der Waals surface area contributed by atoms with Crippen LogP contribution in [0, 0.1) is 0 Å². The van der Waals surface area contributed by atoms with Gasteiger partial charge >= 0.3 is 5.97 Å². The third-order valence-corrected chi connectivity index (χ3v) is 7.64. The van der Waals surface area contributed by atoms with Crippen LogP contribution in [-0.2, 0) is 34.7 Å². The molecule has 0 aliphatic carbocycles. The van der Waals surface area contributed by atoms with E-state index in [9.17, 15) is 14.7 Å². The van der Waals surface area contributed by atoms with Gasteiger partial charge in [0, 0.05) is 32.9 Å². The second-order valence-corrected chi connectivity index (χ2v) is 9.19. The molecule has 7 nitrogen and oxygen atoms in total. The fourth-order valence-corrected chi connectivity index (χ4v) is 5.44. The first-order valence-electron chi connectivity index (χ1n) is 10.3. The number of hydrogen-bond donors (Lipinski definition) is 1. The number of carbonyl (C=O) groups excluding carboxylic acids is 1. The normalized spacial score (nSPS) is 23.1. The fraction of sp³-hybridized carbons (Fsp3) is 0.348. The van der Waals surface area contributed by atoms with E-state index in [-0.39, 0.29) is 24.7 Å². The zero-order valence-corrected chi connectivity index (χ0v) is 18.9. The number of rotatable bonds is 2. The topological polar surface area (TPSA) is 90.7 Å². The summed E-state index contributed by atoms with van der Waals surface area (Å²) in [7, 11) is 0. The monoisotopic (exact) mass is 530 g/mol. The Morgan fingerprint density at radius 2 is 2.13 bits per heavy atom. The SMILES string of the molecule is CC[C@@]1(O)C(=O)OCc2c1cc1n(c2=O)Cc2cc3c4c(ccc3nc2-1)OC(CI)C4. The summed E-state index contributed by atoms with van der Waals surface area (Å²) < 4.78 is 13.7. The van der Waals surface area contributed by atoms with E-state index >= 15 is 0 Å². The molecule has 0 radical (unpaired) electrons. The van der Waals surface area contributed by atoms with E-state index in [4.69, 9.17) is 14.5 Å². The predicted octanol–water partition coefficient (Wildman–Crippen LogP) is 2.82. The van der Waals surface area contributed by atoms with E-state index < -0.39 is 11.6 Å². The average Bonchev–Trinajstić information content (AvgIpc) is 3.36. The molecule has 1 unspecified atom stereocenters. The zero-order valence-electron chi connectivity index (χ0n) is 16.8. The lowest BCUT2D eigenvalue weighted by Crippen LogP contribution is -2.44. The Hall–Kier alpha value is -2.46. The van der Waals surface area contributed by atoms with Crippen LogP contribution in [0.5, 0.6) is 5.75 Å². The highest BCUT2D eigenvalue weighted by Crippen LogP contribution is 2.41. The molecule has 2 atom stereocenters. The number of ether oxygens (including phenoxy) is 2. The number of carbonyl (C=O) groups is 1. The fourth-order valence-electron chi connectivity index (χ4n) is 4.95. The second kappa shape index (κ2) is 6.52. The minimum Gasteiger partial charge on any atom is -0.489 e. The number of pyridine rings is 2. The maximum atomic E-state index is 13.3. The number of halogens is 1. The van der Waals surface area contributed by atoms with Crippen molar-refractivity contribution in [2.75, 3.05) is 4.43 Å². The van der Waals surface area contributed by atoms with Crippen LogP contribution in [0.25, 0.3) is 22.3 Å². The molecule has 0 spiro atoms. The molecule has 3 aromatic rings. The number of esters is 1. The van der Waals surface area contributed by atoms with Crippen LogP contribution in [0.15, 0.2) is 29.1 Å². The molecule has 3 aliphatic rings. The Morgan fingerprint density at radius 3 is 2.90 bits per heavy atom. The van der Waals surface area contributed by atoms with Crippen LogP contribution in [0.3, 0.4) is 0 Å². The van der Waals surface area contributed by atoms with Crippen molar-refractivity contribution in [1.29, 1.82) is 0 Å². The lowest BCUT2D eigenvalue weighted by Gasteiger charge is -2.31. The van der Waals surface area contributed by atoms with Crippen molar-refractivity contribution in [3.63, 3.8) is 0 Å². The third kappa shape index (κ3) is 2.51. The van der Waals surface area contributed by atoms with E-state index in [0.29, 0.717) is 29.1 Å². The Morgan fingerprint density at radius 1 is 1.29 bits per heavy atom. The number of alkyl halides is 1. The van der Waals surface area contributed by atoms with Gasteiger partial charge in [0.25, 0.3) is 5.56 Å². The minimum absolute atomic E-state index is 0.121. The maximum absolute atomic E-state index is 13.3. The largest absolute Gasteiger partial charge is 0.489 e. The van der Waals surface area contributed by atoms with Gasteiger partial charge in [-0.2, -0.15) is 0 Å². The summed E-state index contributed by atoms with van der Waals surface area (Å²) in [5, 5.41) is 12.0. The zero-order chi connectivity index (χ0) is 21.5. The second-order valence-electron chi connectivity index (χ2n) is 8.31. The average molecular weight is 530 g/mol. The predicted molar refractivity (Wildman–Crippen MR) is 122 cm³/mol. The summed E-state index contributed by atoms with van der Waals surface area (Å²) in [5.41, 5.74) is 2.93. The quantitative estimate of drug-likeness (QED) is 0.244. The lowest BCUT2D eigenvalue weighted by atomic mass is 9.86. The lowest BCUT2D eigenvalue weighted by molar-refractivity contribution is -0.172. The molecule has 0 amide bonds. The molecular formula is C23H19IN2O5. The first kappa shape index (κ1) is 19.2. The highest BCUT2D eigenvalue weighted by Gasteiger charge is 2.45. The first-order valence-corrected chi connectivity index (χ1v) is 11.8. The number of fused-ring (bicyclic) bond motifs is 7. The van der Waals surface area contributed by atoms with Gasteiger partial charge in [-0.05, 0) is 30.7 Å². The maximum Gasteiger partial charge on any atom is 0.343 e. The molecule has 8 heteroatoms. The molecule has 31 heavy (non-hydrogen) atoms. The molecule has 0 bridgehead atoms. The number of hydrogen-bond acceptors (Lipinski definition) is 6. The van der Waals surface area contributed by atoms with Gasteiger partial charge in [-0.1, -0.05) is 29.5 Å².